The smallest absolute Gasteiger partial charge is 0.264 e. The predicted octanol–water partition coefficient (Wildman–Crippen LogP) is 0.809. The molecule has 0 aliphatic heterocycles. The predicted molar refractivity (Wildman–Crippen MR) is 44.0 cm³/mol. The summed E-state index contributed by atoms with van der Waals surface area (Å²) >= 11 is 0. The molecule has 2 N–H and O–H groups in total. The van der Waals surface area contributed by atoms with Gasteiger partial charge in [0.15, 0.2) is 0 Å². The molecule has 0 atom stereocenters. The summed E-state index contributed by atoms with van der Waals surface area (Å²) in [6.45, 7) is 1.59. The zero-order chi connectivity index (χ0) is 9.84. The summed E-state index contributed by atoms with van der Waals surface area (Å²) in [6, 6.07) is 4.05. The third kappa shape index (κ3) is 2.25. The van der Waals surface area contributed by atoms with E-state index < -0.39 is 12.9 Å². The van der Waals surface area contributed by atoms with Crippen LogP contribution in [0.2, 0.25) is 0 Å². The number of hydrogen-bond donors (Lipinski definition) is 2. The molecule has 0 saturated heterocycles. The van der Waals surface area contributed by atoms with E-state index in [0.29, 0.717) is 5.56 Å². The lowest BCUT2D eigenvalue weighted by Crippen LogP contribution is -2.35. The Morgan fingerprint density at radius 3 is 2.38 bits per heavy atom. The molecule has 0 radical (unpaired) electrons. The molecule has 0 aliphatic rings. The average Bonchev–Trinajstić information content (AvgIpc) is 2.13. The molecule has 70 valence electrons. The van der Waals surface area contributed by atoms with Gasteiger partial charge in [-0.25, -0.2) is 4.39 Å². The number of rotatable bonds is 3. The summed E-state index contributed by atoms with van der Waals surface area (Å²) in [5.41, 5.74) is 0.645. The quantitative estimate of drug-likeness (QED) is 0.416. The van der Waals surface area contributed by atoms with Crippen LogP contribution in [0.5, 0.6) is 0 Å². The van der Waals surface area contributed by atoms with Gasteiger partial charge in [-0.15, -0.1) is 0 Å². The third-order valence-corrected chi connectivity index (χ3v) is 1.66. The van der Waals surface area contributed by atoms with Gasteiger partial charge in [0.25, 0.3) is 0 Å². The first kappa shape index (κ1) is 10.1. The van der Waals surface area contributed by atoms with E-state index in [-0.39, 0.29) is 5.46 Å². The van der Waals surface area contributed by atoms with Crippen molar-refractivity contribution >= 4 is 12.6 Å². The van der Waals surface area contributed by atoms with E-state index in [1.165, 1.54) is 12.1 Å². The lowest BCUT2D eigenvalue weighted by atomic mass is 9.79. The Balaban J connectivity index is 2.95. The first-order valence-electron chi connectivity index (χ1n) is 3.55. The molecule has 1 aromatic rings. The van der Waals surface area contributed by atoms with Crippen LogP contribution in [0.4, 0.5) is 4.39 Å². The van der Waals surface area contributed by atoms with Crippen LogP contribution in [0.1, 0.15) is 5.56 Å². The van der Waals surface area contributed by atoms with Gasteiger partial charge < -0.3 is 0 Å². The van der Waals surface area contributed by atoms with Crippen molar-refractivity contribution in [3.63, 3.8) is 0 Å². The Hall–Kier alpha value is -0.945. The highest BCUT2D eigenvalue weighted by atomic mass is 19.1. The van der Waals surface area contributed by atoms with Crippen molar-refractivity contribution in [1.82, 2.24) is 0 Å². The molecule has 13 heavy (non-hydrogen) atoms. The van der Waals surface area contributed by atoms with Crippen molar-refractivity contribution in [2.24, 2.45) is 0 Å². The zero-order valence-electron chi connectivity index (χ0n) is 6.90. The fourth-order valence-electron chi connectivity index (χ4n) is 0.897. The molecule has 0 amide bonds. The maximum atomic E-state index is 12.9. The van der Waals surface area contributed by atoms with Gasteiger partial charge in [-0.2, -0.15) is 0 Å². The van der Waals surface area contributed by atoms with E-state index in [4.69, 9.17) is 10.5 Å². The van der Waals surface area contributed by atoms with Crippen molar-refractivity contribution in [2.75, 3.05) is 0 Å². The first-order chi connectivity index (χ1) is 6.19. The molecule has 0 aliphatic carbocycles. The fourth-order valence-corrected chi connectivity index (χ4v) is 0.897. The van der Waals surface area contributed by atoms with E-state index in [1.807, 2.05) is 0 Å². The molecular weight excluding hydrogens is 178 g/mol. The molecule has 0 spiro atoms. The number of halogens is 1. The maximum Gasteiger partial charge on any atom is 0.554 e. The lowest BCUT2D eigenvalue weighted by molar-refractivity contribution is -0.221. The van der Waals surface area contributed by atoms with Crippen LogP contribution in [0, 0.1) is 12.7 Å². The summed E-state index contributed by atoms with van der Waals surface area (Å²) in [4.78, 5) is 7.48. The largest absolute Gasteiger partial charge is 0.554 e. The second-order valence-electron chi connectivity index (χ2n) is 2.55. The lowest BCUT2D eigenvalue weighted by Gasteiger charge is -2.05. The topological polar surface area (TPSA) is 58.9 Å². The van der Waals surface area contributed by atoms with E-state index in [1.54, 1.807) is 6.92 Å². The van der Waals surface area contributed by atoms with Gasteiger partial charge in [0.2, 0.25) is 0 Å². The molecular formula is C7H8BFO4. The van der Waals surface area contributed by atoms with E-state index >= 15 is 0 Å². The van der Waals surface area contributed by atoms with Gasteiger partial charge in [0.05, 0.1) is 0 Å². The van der Waals surface area contributed by atoms with Gasteiger partial charge in [-0.3, -0.25) is 20.1 Å². The van der Waals surface area contributed by atoms with Gasteiger partial charge in [0, 0.05) is 0 Å². The summed E-state index contributed by atoms with van der Waals surface area (Å²) in [5, 5.41) is 16.5. The van der Waals surface area contributed by atoms with Crippen molar-refractivity contribution in [2.45, 2.75) is 6.92 Å². The minimum atomic E-state index is -1.38. The highest BCUT2D eigenvalue weighted by Gasteiger charge is 2.22. The second kappa shape index (κ2) is 4.34. The highest BCUT2D eigenvalue weighted by molar-refractivity contribution is 6.60. The summed E-state index contributed by atoms with van der Waals surface area (Å²) < 4.78 is 12.9. The minimum absolute atomic E-state index is 0.188. The molecule has 0 fully saturated rings. The van der Waals surface area contributed by atoms with Crippen LogP contribution in [-0.2, 0) is 9.61 Å². The van der Waals surface area contributed by atoms with E-state index in [2.05, 4.69) is 9.61 Å². The summed E-state index contributed by atoms with van der Waals surface area (Å²) in [5.74, 6) is -0.461. The number of benzene rings is 1. The van der Waals surface area contributed by atoms with Gasteiger partial charge in [0.1, 0.15) is 5.82 Å². The van der Waals surface area contributed by atoms with Gasteiger partial charge in [-0.1, -0.05) is 12.1 Å². The standard InChI is InChI=1S/C7H8BFO4/c1-5-2-3-6(4-7(5)9)8(12-10)13-11/h2-4,10-11H,1H3. The highest BCUT2D eigenvalue weighted by Crippen LogP contribution is 2.03. The molecule has 4 nitrogen and oxygen atoms in total. The van der Waals surface area contributed by atoms with Crippen LogP contribution in [0.3, 0.4) is 0 Å². The molecule has 0 aromatic heterocycles. The van der Waals surface area contributed by atoms with Crippen molar-refractivity contribution in [3.8, 4) is 0 Å². The number of hydrogen-bond acceptors (Lipinski definition) is 4. The van der Waals surface area contributed by atoms with Crippen LogP contribution in [0.15, 0.2) is 18.2 Å². The van der Waals surface area contributed by atoms with Crippen molar-refractivity contribution in [3.05, 3.63) is 29.6 Å². The Morgan fingerprint density at radius 1 is 1.31 bits per heavy atom. The Kier molecular flexibility index (Phi) is 3.38. The molecule has 0 bridgehead atoms. The van der Waals surface area contributed by atoms with Crippen LogP contribution in [0.25, 0.3) is 0 Å². The normalized spacial score (nSPS) is 10.2. The molecule has 1 aromatic carbocycles. The summed E-state index contributed by atoms with van der Waals surface area (Å²) in [6.07, 6.45) is 0. The monoisotopic (exact) mass is 186 g/mol. The molecule has 0 saturated carbocycles. The average molecular weight is 186 g/mol. The van der Waals surface area contributed by atoms with Gasteiger partial charge >= 0.3 is 7.12 Å². The van der Waals surface area contributed by atoms with Crippen LogP contribution in [-0.4, -0.2) is 17.6 Å². The van der Waals surface area contributed by atoms with E-state index in [9.17, 15) is 4.39 Å². The van der Waals surface area contributed by atoms with Gasteiger partial charge in [-0.05, 0) is 24.0 Å². The SMILES string of the molecule is Cc1ccc(B(OO)OO)cc1F. The Labute approximate surface area is 74.5 Å². The molecule has 1 rings (SSSR count). The van der Waals surface area contributed by atoms with Crippen LogP contribution >= 0.6 is 0 Å². The molecule has 0 heterocycles. The van der Waals surface area contributed by atoms with E-state index in [0.717, 1.165) is 6.07 Å². The van der Waals surface area contributed by atoms with Crippen molar-refractivity contribution in [1.29, 1.82) is 0 Å². The first-order valence-corrected chi connectivity index (χ1v) is 3.55. The van der Waals surface area contributed by atoms with Crippen molar-refractivity contribution < 1.29 is 24.5 Å². The molecule has 0 unspecified atom stereocenters. The molecule has 6 heteroatoms. The Morgan fingerprint density at radius 2 is 1.92 bits per heavy atom. The second-order valence-corrected chi connectivity index (χ2v) is 2.55. The third-order valence-electron chi connectivity index (χ3n) is 1.66. The van der Waals surface area contributed by atoms with Crippen LogP contribution < -0.4 is 5.46 Å². The fraction of sp³-hybridized carbons (Fsp3) is 0.143. The maximum absolute atomic E-state index is 12.9. The summed E-state index contributed by atoms with van der Waals surface area (Å²) in [7, 11) is -1.38. The zero-order valence-corrected chi connectivity index (χ0v) is 6.90. The minimum Gasteiger partial charge on any atom is -0.264 e. The number of aryl methyl sites for hydroxylation is 1. The Bertz CT molecular complexity index is 290.